The van der Waals surface area contributed by atoms with Gasteiger partial charge >= 0.3 is 0 Å². The summed E-state index contributed by atoms with van der Waals surface area (Å²) in [5, 5.41) is 11.0. The quantitative estimate of drug-likeness (QED) is 0.882. The van der Waals surface area contributed by atoms with Crippen LogP contribution < -0.4 is 4.74 Å². The van der Waals surface area contributed by atoms with E-state index in [2.05, 4.69) is 0 Å². The summed E-state index contributed by atoms with van der Waals surface area (Å²) in [5.41, 5.74) is -0.0102. The molecule has 96 valence electrons. The monoisotopic (exact) mass is 258 g/mol. The second-order valence-corrected chi connectivity index (χ2v) is 4.60. The van der Waals surface area contributed by atoms with Gasteiger partial charge in [-0.15, -0.1) is 0 Å². The Bertz CT molecular complexity index is 375. The minimum absolute atomic E-state index is 0.564. The van der Waals surface area contributed by atoms with Gasteiger partial charge in [-0.05, 0) is 31.5 Å². The first kappa shape index (κ1) is 14.3. The maximum absolute atomic E-state index is 10.4. The predicted octanol–water partition coefficient (Wildman–Crippen LogP) is 3.20. The highest BCUT2D eigenvalue weighted by Crippen LogP contribution is 2.37. The van der Waals surface area contributed by atoms with Gasteiger partial charge in [0.25, 0.3) is 0 Å². The molecule has 2 atom stereocenters. The van der Waals surface area contributed by atoms with Crippen LogP contribution in [0.2, 0.25) is 5.02 Å². The molecule has 0 heterocycles. The summed E-state index contributed by atoms with van der Waals surface area (Å²) in [7, 11) is 3.15. The number of benzene rings is 1. The lowest BCUT2D eigenvalue weighted by atomic mass is 9.90. The van der Waals surface area contributed by atoms with Gasteiger partial charge in [0.15, 0.2) is 0 Å². The van der Waals surface area contributed by atoms with Crippen molar-refractivity contribution in [2.45, 2.75) is 32.0 Å². The van der Waals surface area contributed by atoms with Gasteiger partial charge in [0.05, 0.1) is 12.7 Å². The first-order valence-electron chi connectivity index (χ1n) is 5.55. The fourth-order valence-corrected chi connectivity index (χ4v) is 1.88. The van der Waals surface area contributed by atoms with Crippen molar-refractivity contribution in [1.29, 1.82) is 0 Å². The molecule has 1 rings (SSSR count). The lowest BCUT2D eigenvalue weighted by Gasteiger charge is -2.33. The summed E-state index contributed by atoms with van der Waals surface area (Å²) >= 11 is 5.95. The van der Waals surface area contributed by atoms with Crippen LogP contribution in [0.3, 0.4) is 0 Å². The Hall–Kier alpha value is -0.770. The van der Waals surface area contributed by atoms with Crippen molar-refractivity contribution in [1.82, 2.24) is 0 Å². The smallest absolute Gasteiger partial charge is 0.124 e. The molecule has 1 N–H and O–H groups in total. The number of aliphatic hydroxyl groups excluding tert-OH is 1. The SMILES string of the molecule is CCC(C)(OC)C(O)c1cc(Cl)ccc1OC. The normalized spacial score (nSPS) is 16.4. The number of rotatable bonds is 5. The highest BCUT2D eigenvalue weighted by atomic mass is 35.5. The first-order valence-corrected chi connectivity index (χ1v) is 5.93. The zero-order chi connectivity index (χ0) is 13.1. The molecule has 0 fully saturated rings. The van der Waals surface area contributed by atoms with Gasteiger partial charge in [0.1, 0.15) is 11.9 Å². The molecular weight excluding hydrogens is 240 g/mol. The zero-order valence-corrected chi connectivity index (χ0v) is 11.4. The molecule has 3 nitrogen and oxygen atoms in total. The van der Waals surface area contributed by atoms with Gasteiger partial charge in [-0.2, -0.15) is 0 Å². The highest BCUT2D eigenvalue weighted by Gasteiger charge is 2.34. The van der Waals surface area contributed by atoms with Crippen LogP contribution in [0.25, 0.3) is 0 Å². The van der Waals surface area contributed by atoms with E-state index in [9.17, 15) is 5.11 Å². The molecule has 0 amide bonds. The number of hydrogen-bond donors (Lipinski definition) is 1. The molecule has 0 saturated heterocycles. The minimum Gasteiger partial charge on any atom is -0.496 e. The topological polar surface area (TPSA) is 38.7 Å². The summed E-state index contributed by atoms with van der Waals surface area (Å²) < 4.78 is 10.6. The van der Waals surface area contributed by atoms with Crippen molar-refractivity contribution < 1.29 is 14.6 Å². The second kappa shape index (κ2) is 5.71. The number of aliphatic hydroxyl groups is 1. The molecule has 17 heavy (non-hydrogen) atoms. The van der Waals surface area contributed by atoms with E-state index < -0.39 is 11.7 Å². The minimum atomic E-state index is -0.786. The van der Waals surface area contributed by atoms with Crippen molar-refractivity contribution in [2.75, 3.05) is 14.2 Å². The van der Waals surface area contributed by atoms with E-state index in [1.807, 2.05) is 13.8 Å². The predicted molar refractivity (Wildman–Crippen MR) is 68.7 cm³/mol. The summed E-state index contributed by atoms with van der Waals surface area (Å²) in [4.78, 5) is 0. The largest absolute Gasteiger partial charge is 0.496 e. The van der Waals surface area contributed by atoms with Crippen LogP contribution in [-0.4, -0.2) is 24.9 Å². The summed E-state index contributed by atoms with van der Waals surface area (Å²) in [6.45, 7) is 3.82. The van der Waals surface area contributed by atoms with Crippen molar-refractivity contribution in [3.8, 4) is 5.75 Å². The second-order valence-electron chi connectivity index (χ2n) is 4.16. The third kappa shape index (κ3) is 2.92. The Morgan fingerprint density at radius 1 is 1.41 bits per heavy atom. The number of ether oxygens (including phenoxy) is 2. The average Bonchev–Trinajstić information content (AvgIpc) is 2.36. The highest BCUT2D eigenvalue weighted by molar-refractivity contribution is 6.30. The Balaban J connectivity index is 3.18. The van der Waals surface area contributed by atoms with Crippen LogP contribution in [0.1, 0.15) is 31.9 Å². The Morgan fingerprint density at radius 3 is 2.53 bits per heavy atom. The molecule has 4 heteroatoms. The van der Waals surface area contributed by atoms with E-state index in [0.29, 0.717) is 22.8 Å². The molecule has 0 aromatic heterocycles. The number of methoxy groups -OCH3 is 2. The van der Waals surface area contributed by atoms with Crippen LogP contribution in [0.4, 0.5) is 0 Å². The molecule has 0 bridgehead atoms. The van der Waals surface area contributed by atoms with Crippen LogP contribution in [-0.2, 0) is 4.74 Å². The van der Waals surface area contributed by atoms with Gasteiger partial charge in [-0.25, -0.2) is 0 Å². The standard InChI is InChI=1S/C13H19ClO3/c1-5-13(2,17-4)12(15)10-8-9(14)6-7-11(10)16-3/h6-8,12,15H,5H2,1-4H3. The van der Waals surface area contributed by atoms with E-state index in [0.717, 1.165) is 0 Å². The van der Waals surface area contributed by atoms with Gasteiger partial charge in [-0.1, -0.05) is 18.5 Å². The lowest BCUT2D eigenvalue weighted by Crippen LogP contribution is -2.34. The Morgan fingerprint density at radius 2 is 2.06 bits per heavy atom. The van der Waals surface area contributed by atoms with Crippen molar-refractivity contribution >= 4 is 11.6 Å². The molecule has 0 radical (unpaired) electrons. The van der Waals surface area contributed by atoms with Crippen molar-refractivity contribution in [3.05, 3.63) is 28.8 Å². The van der Waals surface area contributed by atoms with Gasteiger partial charge < -0.3 is 14.6 Å². The van der Waals surface area contributed by atoms with E-state index in [-0.39, 0.29) is 0 Å². The van der Waals surface area contributed by atoms with Crippen molar-refractivity contribution in [2.24, 2.45) is 0 Å². The molecule has 2 unspecified atom stereocenters. The van der Waals surface area contributed by atoms with Crippen LogP contribution >= 0.6 is 11.6 Å². The maximum Gasteiger partial charge on any atom is 0.124 e. The zero-order valence-electron chi connectivity index (χ0n) is 10.7. The fourth-order valence-electron chi connectivity index (χ4n) is 1.70. The van der Waals surface area contributed by atoms with Crippen molar-refractivity contribution in [3.63, 3.8) is 0 Å². The molecule has 1 aromatic carbocycles. The first-order chi connectivity index (χ1) is 7.98. The molecular formula is C13H19ClO3. The molecule has 0 saturated carbocycles. The van der Waals surface area contributed by atoms with E-state index in [1.165, 1.54) is 0 Å². The summed E-state index contributed by atoms with van der Waals surface area (Å²) in [5.74, 6) is 0.610. The Labute approximate surface area is 107 Å². The molecule has 0 aliphatic carbocycles. The van der Waals surface area contributed by atoms with E-state index >= 15 is 0 Å². The molecule has 0 spiro atoms. The van der Waals surface area contributed by atoms with E-state index in [4.69, 9.17) is 21.1 Å². The molecule has 0 aliphatic rings. The molecule has 1 aromatic rings. The number of halogens is 1. The summed E-state index contributed by atoms with van der Waals surface area (Å²) in [6, 6.07) is 5.18. The number of hydrogen-bond acceptors (Lipinski definition) is 3. The van der Waals surface area contributed by atoms with Gasteiger partial charge in [-0.3, -0.25) is 0 Å². The van der Waals surface area contributed by atoms with Crippen LogP contribution in [0.15, 0.2) is 18.2 Å². The maximum atomic E-state index is 10.4. The van der Waals surface area contributed by atoms with Gasteiger partial charge in [0, 0.05) is 17.7 Å². The lowest BCUT2D eigenvalue weighted by molar-refractivity contribution is -0.0950. The van der Waals surface area contributed by atoms with E-state index in [1.54, 1.807) is 32.4 Å². The summed E-state index contributed by atoms with van der Waals surface area (Å²) in [6.07, 6.45) is -0.105. The molecule has 0 aliphatic heterocycles. The fraction of sp³-hybridized carbons (Fsp3) is 0.538. The third-order valence-corrected chi connectivity index (χ3v) is 3.47. The average molecular weight is 259 g/mol. The van der Waals surface area contributed by atoms with Gasteiger partial charge in [0.2, 0.25) is 0 Å². The van der Waals surface area contributed by atoms with Crippen LogP contribution in [0, 0.1) is 0 Å². The Kier molecular flexibility index (Phi) is 4.80. The van der Waals surface area contributed by atoms with Crippen LogP contribution in [0.5, 0.6) is 5.75 Å². The third-order valence-electron chi connectivity index (χ3n) is 3.23.